The van der Waals surface area contributed by atoms with Gasteiger partial charge in [-0.1, -0.05) is 12.1 Å². The fourth-order valence-electron chi connectivity index (χ4n) is 3.01. The van der Waals surface area contributed by atoms with Crippen LogP contribution in [0.4, 0.5) is 4.39 Å². The molecule has 1 amide bonds. The number of halogens is 1. The highest BCUT2D eigenvalue weighted by atomic mass is 19.1. The van der Waals surface area contributed by atoms with E-state index in [1.807, 2.05) is 0 Å². The molecule has 1 aliphatic heterocycles. The number of hydrogen-bond donors (Lipinski definition) is 2. The summed E-state index contributed by atoms with van der Waals surface area (Å²) in [6.07, 6.45) is 0.841. The molecule has 1 aliphatic rings. The van der Waals surface area contributed by atoms with E-state index in [-0.39, 0.29) is 41.0 Å². The van der Waals surface area contributed by atoms with Crippen LogP contribution < -0.4 is 10.6 Å². The quantitative estimate of drug-likeness (QED) is 0.845. The Hall–Kier alpha value is -2.47. The van der Waals surface area contributed by atoms with Gasteiger partial charge in [-0.3, -0.25) is 9.59 Å². The molecule has 2 unspecified atom stereocenters. The zero-order valence-corrected chi connectivity index (χ0v) is 13.3. The van der Waals surface area contributed by atoms with E-state index in [4.69, 9.17) is 4.42 Å². The van der Waals surface area contributed by atoms with Crippen molar-refractivity contribution in [3.05, 3.63) is 59.3 Å². The average Bonchev–Trinajstić information content (AvgIpc) is 3.07. The van der Waals surface area contributed by atoms with Gasteiger partial charge >= 0.3 is 0 Å². The average molecular weight is 330 g/mol. The summed E-state index contributed by atoms with van der Waals surface area (Å²) in [5.74, 6) is -0.486. The summed E-state index contributed by atoms with van der Waals surface area (Å²) >= 11 is 0. The van der Waals surface area contributed by atoms with Crippen molar-refractivity contribution in [2.75, 3.05) is 13.1 Å². The lowest BCUT2D eigenvalue weighted by Crippen LogP contribution is -2.50. The van der Waals surface area contributed by atoms with E-state index in [9.17, 15) is 14.0 Å². The van der Waals surface area contributed by atoms with E-state index in [2.05, 4.69) is 10.6 Å². The van der Waals surface area contributed by atoms with Gasteiger partial charge in [-0.15, -0.1) is 0 Å². The molecule has 2 heterocycles. The van der Waals surface area contributed by atoms with Gasteiger partial charge in [0.25, 0.3) is 5.91 Å². The topological polar surface area (TPSA) is 71.3 Å². The van der Waals surface area contributed by atoms with Crippen LogP contribution in [0.3, 0.4) is 0 Å². The van der Waals surface area contributed by atoms with E-state index < -0.39 is 0 Å². The van der Waals surface area contributed by atoms with Gasteiger partial charge in [0.15, 0.2) is 17.3 Å². The molecule has 0 bridgehead atoms. The molecule has 5 nitrogen and oxygen atoms in total. The van der Waals surface area contributed by atoms with E-state index in [0.717, 1.165) is 18.5 Å². The predicted octanol–water partition coefficient (Wildman–Crippen LogP) is 2.50. The Labute approximate surface area is 139 Å². The van der Waals surface area contributed by atoms with Gasteiger partial charge in [0.2, 0.25) is 0 Å². The third kappa shape index (κ3) is 3.54. The second kappa shape index (κ2) is 6.97. The highest BCUT2D eigenvalue weighted by Crippen LogP contribution is 2.26. The largest absolute Gasteiger partial charge is 0.448 e. The molecule has 2 aromatic rings. The molecule has 0 spiro atoms. The predicted molar refractivity (Wildman–Crippen MR) is 86.6 cm³/mol. The number of carbonyl (C=O) groups excluding carboxylic acids is 2. The molecule has 2 N–H and O–H groups in total. The van der Waals surface area contributed by atoms with Crippen molar-refractivity contribution in [3.8, 4) is 0 Å². The van der Waals surface area contributed by atoms with Crippen LogP contribution in [0, 0.1) is 5.82 Å². The van der Waals surface area contributed by atoms with Gasteiger partial charge in [-0.25, -0.2) is 4.39 Å². The summed E-state index contributed by atoms with van der Waals surface area (Å²) in [4.78, 5) is 23.6. The molecule has 6 heteroatoms. The zero-order valence-electron chi connectivity index (χ0n) is 13.3. The first-order valence-electron chi connectivity index (χ1n) is 7.92. The van der Waals surface area contributed by atoms with Crippen molar-refractivity contribution < 1.29 is 18.4 Å². The highest BCUT2D eigenvalue weighted by Gasteiger charge is 2.28. The lowest BCUT2D eigenvalue weighted by atomic mass is 9.86. The molecule has 1 saturated heterocycles. The second-order valence-electron chi connectivity index (χ2n) is 5.95. The van der Waals surface area contributed by atoms with Crippen LogP contribution in [0.5, 0.6) is 0 Å². The minimum atomic E-state index is -0.358. The lowest BCUT2D eigenvalue weighted by Gasteiger charge is -2.33. The Kier molecular flexibility index (Phi) is 4.76. The Morgan fingerprint density at radius 1 is 1.17 bits per heavy atom. The van der Waals surface area contributed by atoms with Crippen molar-refractivity contribution in [3.63, 3.8) is 0 Å². The van der Waals surface area contributed by atoms with Crippen molar-refractivity contribution in [2.24, 2.45) is 0 Å². The van der Waals surface area contributed by atoms with E-state index in [0.29, 0.717) is 6.54 Å². The third-order valence-electron chi connectivity index (χ3n) is 4.27. The SMILES string of the molecule is CC(=O)c1ccc(C(=O)NC2CNCCC2c2ccc(F)cc2)o1. The van der Waals surface area contributed by atoms with E-state index in [1.54, 1.807) is 12.1 Å². The van der Waals surface area contributed by atoms with E-state index in [1.165, 1.54) is 31.2 Å². The first-order valence-corrected chi connectivity index (χ1v) is 7.92. The molecule has 0 aliphatic carbocycles. The van der Waals surface area contributed by atoms with E-state index >= 15 is 0 Å². The standard InChI is InChI=1S/C18H19FN2O3/c1-11(22)16-6-7-17(24-16)18(23)21-15-10-20-9-8-14(15)12-2-4-13(19)5-3-12/h2-7,14-15,20H,8-10H2,1H3,(H,21,23). The summed E-state index contributed by atoms with van der Waals surface area (Å²) in [6.45, 7) is 2.84. The van der Waals surface area contributed by atoms with Crippen molar-refractivity contribution in [1.29, 1.82) is 0 Å². The number of carbonyl (C=O) groups is 2. The maximum atomic E-state index is 13.1. The van der Waals surface area contributed by atoms with Gasteiger partial charge in [0.1, 0.15) is 5.82 Å². The first kappa shape index (κ1) is 16.4. The molecule has 2 atom stereocenters. The number of furan rings is 1. The second-order valence-corrected chi connectivity index (χ2v) is 5.95. The number of ketones is 1. The molecule has 1 fully saturated rings. The van der Waals surface area contributed by atoms with Crippen LogP contribution in [-0.2, 0) is 0 Å². The van der Waals surface area contributed by atoms with Crippen LogP contribution in [0.25, 0.3) is 0 Å². The van der Waals surface area contributed by atoms with Crippen molar-refractivity contribution in [1.82, 2.24) is 10.6 Å². The number of amides is 1. The van der Waals surface area contributed by atoms with Gasteiger partial charge in [0.05, 0.1) is 0 Å². The van der Waals surface area contributed by atoms with Gasteiger partial charge in [-0.2, -0.15) is 0 Å². The summed E-state index contributed by atoms with van der Waals surface area (Å²) < 4.78 is 18.4. The highest BCUT2D eigenvalue weighted by molar-refractivity contribution is 5.95. The van der Waals surface area contributed by atoms with Gasteiger partial charge in [-0.05, 0) is 42.8 Å². The molecule has 0 saturated carbocycles. The van der Waals surface area contributed by atoms with Crippen LogP contribution in [-0.4, -0.2) is 30.8 Å². The van der Waals surface area contributed by atoms with Crippen molar-refractivity contribution >= 4 is 11.7 Å². The number of piperidine rings is 1. The number of rotatable bonds is 4. The summed E-state index contributed by atoms with van der Waals surface area (Å²) in [6, 6.07) is 9.23. The fourth-order valence-corrected chi connectivity index (χ4v) is 3.01. The van der Waals surface area contributed by atoms with Gasteiger partial charge < -0.3 is 15.1 Å². The van der Waals surface area contributed by atoms with Crippen LogP contribution in [0.1, 0.15) is 45.9 Å². The fraction of sp³-hybridized carbons (Fsp3) is 0.333. The molecule has 1 aromatic heterocycles. The van der Waals surface area contributed by atoms with Crippen molar-refractivity contribution in [2.45, 2.75) is 25.3 Å². The molecular weight excluding hydrogens is 311 g/mol. The Morgan fingerprint density at radius 2 is 1.88 bits per heavy atom. The molecule has 0 radical (unpaired) electrons. The third-order valence-corrected chi connectivity index (χ3v) is 4.27. The van der Waals surface area contributed by atoms with Crippen LogP contribution in [0.2, 0.25) is 0 Å². The summed E-state index contributed by atoms with van der Waals surface area (Å²) in [5, 5.41) is 6.20. The Balaban J connectivity index is 1.74. The molecular formula is C18H19FN2O3. The smallest absolute Gasteiger partial charge is 0.287 e. The maximum absolute atomic E-state index is 13.1. The summed E-state index contributed by atoms with van der Waals surface area (Å²) in [5.41, 5.74) is 0.993. The monoisotopic (exact) mass is 330 g/mol. The van der Waals surface area contributed by atoms with Gasteiger partial charge in [0, 0.05) is 25.4 Å². The Morgan fingerprint density at radius 3 is 2.54 bits per heavy atom. The first-order chi connectivity index (χ1) is 11.5. The Bertz CT molecular complexity index is 739. The van der Waals surface area contributed by atoms with Crippen LogP contribution in [0.15, 0.2) is 40.8 Å². The molecule has 126 valence electrons. The minimum absolute atomic E-state index is 0.0954. The number of hydrogen-bond acceptors (Lipinski definition) is 4. The van der Waals surface area contributed by atoms with Crippen LogP contribution >= 0.6 is 0 Å². The number of benzene rings is 1. The number of Topliss-reactive ketones (excluding diaryl/α,β-unsaturated/α-hetero) is 1. The molecule has 1 aromatic carbocycles. The molecule has 3 rings (SSSR count). The molecule has 24 heavy (non-hydrogen) atoms. The summed E-state index contributed by atoms with van der Waals surface area (Å²) in [7, 11) is 0. The normalized spacial score (nSPS) is 20.6. The zero-order chi connectivity index (χ0) is 17.1. The lowest BCUT2D eigenvalue weighted by molar-refractivity contribution is 0.0890. The maximum Gasteiger partial charge on any atom is 0.287 e. The minimum Gasteiger partial charge on any atom is -0.448 e. The number of nitrogens with one attached hydrogen (secondary N) is 2.